The van der Waals surface area contributed by atoms with Gasteiger partial charge in [0.2, 0.25) is 0 Å². The van der Waals surface area contributed by atoms with Crippen molar-refractivity contribution in [2.45, 2.75) is 33.2 Å². The Labute approximate surface area is 120 Å². The van der Waals surface area contributed by atoms with Crippen molar-refractivity contribution < 1.29 is 4.39 Å². The SMILES string of the molecule is CCCNC(C)c1ccc(F)cc1-c1ccnc(C)c1. The molecule has 0 fully saturated rings. The van der Waals surface area contributed by atoms with Crippen LogP contribution in [0.3, 0.4) is 0 Å². The molecule has 106 valence electrons. The lowest BCUT2D eigenvalue weighted by Gasteiger charge is -2.18. The van der Waals surface area contributed by atoms with Crippen molar-refractivity contribution in [3.8, 4) is 11.1 Å². The number of aryl methyl sites for hydroxylation is 1. The molecule has 1 unspecified atom stereocenters. The van der Waals surface area contributed by atoms with E-state index in [-0.39, 0.29) is 11.9 Å². The number of rotatable bonds is 5. The third kappa shape index (κ3) is 3.42. The van der Waals surface area contributed by atoms with E-state index in [1.807, 2.05) is 25.1 Å². The molecular weight excluding hydrogens is 251 g/mol. The Hall–Kier alpha value is -1.74. The maximum Gasteiger partial charge on any atom is 0.123 e. The Morgan fingerprint density at radius 3 is 2.75 bits per heavy atom. The van der Waals surface area contributed by atoms with Crippen molar-refractivity contribution in [1.29, 1.82) is 0 Å². The van der Waals surface area contributed by atoms with E-state index in [9.17, 15) is 4.39 Å². The summed E-state index contributed by atoms with van der Waals surface area (Å²) in [4.78, 5) is 4.20. The summed E-state index contributed by atoms with van der Waals surface area (Å²) in [5, 5.41) is 3.45. The molecule has 1 heterocycles. The van der Waals surface area contributed by atoms with Crippen molar-refractivity contribution in [3.05, 3.63) is 53.6 Å². The fourth-order valence-electron chi connectivity index (χ4n) is 2.34. The zero-order chi connectivity index (χ0) is 14.5. The van der Waals surface area contributed by atoms with Gasteiger partial charge in [-0.2, -0.15) is 0 Å². The molecule has 0 aliphatic carbocycles. The van der Waals surface area contributed by atoms with Crippen LogP contribution in [0.15, 0.2) is 36.5 Å². The van der Waals surface area contributed by atoms with E-state index in [0.717, 1.165) is 35.3 Å². The molecule has 2 nitrogen and oxygen atoms in total. The van der Waals surface area contributed by atoms with Crippen molar-refractivity contribution in [3.63, 3.8) is 0 Å². The predicted octanol–water partition coefficient (Wildman–Crippen LogP) is 4.26. The minimum atomic E-state index is -0.207. The second kappa shape index (κ2) is 6.62. The van der Waals surface area contributed by atoms with Gasteiger partial charge in [0.15, 0.2) is 0 Å². The quantitative estimate of drug-likeness (QED) is 0.879. The van der Waals surface area contributed by atoms with E-state index in [0.29, 0.717) is 0 Å². The van der Waals surface area contributed by atoms with Crippen LogP contribution in [0.4, 0.5) is 4.39 Å². The second-order valence-corrected chi connectivity index (χ2v) is 5.09. The van der Waals surface area contributed by atoms with Crippen molar-refractivity contribution in [2.24, 2.45) is 0 Å². The Balaban J connectivity index is 2.43. The van der Waals surface area contributed by atoms with Crippen LogP contribution in [0.5, 0.6) is 0 Å². The zero-order valence-corrected chi connectivity index (χ0v) is 12.3. The molecule has 0 aliphatic heterocycles. The molecule has 1 N–H and O–H groups in total. The third-order valence-electron chi connectivity index (χ3n) is 3.39. The van der Waals surface area contributed by atoms with Crippen LogP contribution in [0, 0.1) is 12.7 Å². The summed E-state index contributed by atoms with van der Waals surface area (Å²) in [5.41, 5.74) is 4.00. The molecule has 0 aliphatic rings. The first-order valence-electron chi connectivity index (χ1n) is 7.07. The maximum atomic E-state index is 13.6. The summed E-state index contributed by atoms with van der Waals surface area (Å²) in [7, 11) is 0. The van der Waals surface area contributed by atoms with Gasteiger partial charge in [0, 0.05) is 17.9 Å². The Morgan fingerprint density at radius 1 is 1.25 bits per heavy atom. The average molecular weight is 272 g/mol. The molecule has 0 spiro atoms. The van der Waals surface area contributed by atoms with E-state index >= 15 is 0 Å². The van der Waals surface area contributed by atoms with E-state index in [2.05, 4.69) is 24.1 Å². The van der Waals surface area contributed by atoms with Crippen molar-refractivity contribution >= 4 is 0 Å². The molecule has 2 rings (SSSR count). The van der Waals surface area contributed by atoms with Gasteiger partial charge in [0.05, 0.1) is 0 Å². The number of hydrogen-bond acceptors (Lipinski definition) is 2. The Kier molecular flexibility index (Phi) is 4.85. The Bertz CT molecular complexity index is 581. The number of hydrogen-bond donors (Lipinski definition) is 1. The highest BCUT2D eigenvalue weighted by atomic mass is 19.1. The van der Waals surface area contributed by atoms with E-state index < -0.39 is 0 Å². The lowest BCUT2D eigenvalue weighted by molar-refractivity contribution is 0.569. The summed E-state index contributed by atoms with van der Waals surface area (Å²) >= 11 is 0. The molecule has 0 amide bonds. The van der Waals surface area contributed by atoms with E-state index in [1.165, 1.54) is 6.07 Å². The zero-order valence-electron chi connectivity index (χ0n) is 12.3. The number of benzene rings is 1. The molecule has 0 saturated heterocycles. The van der Waals surface area contributed by atoms with Gasteiger partial charge in [-0.25, -0.2) is 4.39 Å². The van der Waals surface area contributed by atoms with Gasteiger partial charge in [0.25, 0.3) is 0 Å². The van der Waals surface area contributed by atoms with Gasteiger partial charge in [-0.05, 0) is 67.8 Å². The largest absolute Gasteiger partial charge is 0.310 e. The molecular formula is C17H21FN2. The molecule has 1 aromatic heterocycles. The average Bonchev–Trinajstić information content (AvgIpc) is 2.44. The highest BCUT2D eigenvalue weighted by Gasteiger charge is 2.12. The van der Waals surface area contributed by atoms with Crippen LogP contribution >= 0.6 is 0 Å². The van der Waals surface area contributed by atoms with Crippen LogP contribution < -0.4 is 5.32 Å². The van der Waals surface area contributed by atoms with Gasteiger partial charge in [-0.3, -0.25) is 4.98 Å². The van der Waals surface area contributed by atoms with E-state index in [4.69, 9.17) is 0 Å². The number of aromatic nitrogens is 1. The number of halogens is 1. The lowest BCUT2D eigenvalue weighted by Crippen LogP contribution is -2.20. The molecule has 2 aromatic rings. The standard InChI is InChI=1S/C17H21FN2/c1-4-8-20-13(3)16-6-5-15(18)11-17(16)14-7-9-19-12(2)10-14/h5-7,9-11,13,20H,4,8H2,1-3H3. The van der Waals surface area contributed by atoms with Gasteiger partial charge in [-0.15, -0.1) is 0 Å². The monoisotopic (exact) mass is 272 g/mol. The normalized spacial score (nSPS) is 12.4. The van der Waals surface area contributed by atoms with Gasteiger partial charge < -0.3 is 5.32 Å². The van der Waals surface area contributed by atoms with Crippen LogP contribution in [0.2, 0.25) is 0 Å². The summed E-state index contributed by atoms with van der Waals surface area (Å²) in [6.45, 7) is 7.15. The molecule has 1 aromatic carbocycles. The topological polar surface area (TPSA) is 24.9 Å². The summed E-state index contributed by atoms with van der Waals surface area (Å²) in [6.07, 6.45) is 2.85. The highest BCUT2D eigenvalue weighted by molar-refractivity contribution is 5.68. The van der Waals surface area contributed by atoms with E-state index in [1.54, 1.807) is 12.3 Å². The molecule has 0 saturated carbocycles. The molecule has 3 heteroatoms. The van der Waals surface area contributed by atoms with Crippen molar-refractivity contribution in [2.75, 3.05) is 6.54 Å². The highest BCUT2D eigenvalue weighted by Crippen LogP contribution is 2.29. The molecule has 0 radical (unpaired) electrons. The smallest absolute Gasteiger partial charge is 0.123 e. The number of nitrogens with zero attached hydrogens (tertiary/aromatic N) is 1. The first-order valence-corrected chi connectivity index (χ1v) is 7.07. The Morgan fingerprint density at radius 2 is 2.05 bits per heavy atom. The van der Waals surface area contributed by atoms with Gasteiger partial charge >= 0.3 is 0 Å². The summed E-state index contributed by atoms with van der Waals surface area (Å²) < 4.78 is 13.6. The second-order valence-electron chi connectivity index (χ2n) is 5.09. The number of pyridine rings is 1. The van der Waals surface area contributed by atoms with Gasteiger partial charge in [0.1, 0.15) is 5.82 Å². The molecule has 20 heavy (non-hydrogen) atoms. The van der Waals surface area contributed by atoms with Gasteiger partial charge in [-0.1, -0.05) is 13.0 Å². The van der Waals surface area contributed by atoms with Crippen LogP contribution in [-0.2, 0) is 0 Å². The molecule has 1 atom stereocenters. The van der Waals surface area contributed by atoms with Crippen LogP contribution in [-0.4, -0.2) is 11.5 Å². The number of nitrogens with one attached hydrogen (secondary N) is 1. The summed E-state index contributed by atoms with van der Waals surface area (Å²) in [5.74, 6) is -0.207. The first kappa shape index (κ1) is 14.7. The third-order valence-corrected chi connectivity index (χ3v) is 3.39. The summed E-state index contributed by atoms with van der Waals surface area (Å²) in [6, 6.07) is 9.11. The first-order chi connectivity index (χ1) is 9.61. The fraction of sp³-hybridized carbons (Fsp3) is 0.353. The lowest BCUT2D eigenvalue weighted by atomic mass is 9.95. The minimum absolute atomic E-state index is 0.194. The fourth-order valence-corrected chi connectivity index (χ4v) is 2.34. The van der Waals surface area contributed by atoms with Crippen LogP contribution in [0.1, 0.15) is 37.6 Å². The van der Waals surface area contributed by atoms with Crippen LogP contribution in [0.25, 0.3) is 11.1 Å². The maximum absolute atomic E-state index is 13.6. The van der Waals surface area contributed by atoms with Crippen molar-refractivity contribution in [1.82, 2.24) is 10.3 Å². The minimum Gasteiger partial charge on any atom is -0.310 e. The molecule has 0 bridgehead atoms. The predicted molar refractivity (Wildman–Crippen MR) is 81.1 cm³/mol.